The Morgan fingerprint density at radius 3 is 2.70 bits per heavy atom. The first-order valence-electron chi connectivity index (χ1n) is 8.46. The van der Waals surface area contributed by atoms with Gasteiger partial charge in [-0.15, -0.1) is 0 Å². The Bertz CT molecular complexity index is 978. The molecule has 27 heavy (non-hydrogen) atoms. The molecular weight excluding hydrogens is 346 g/mol. The molecule has 8 heteroatoms. The largest absolute Gasteiger partial charge is 0.465 e. The van der Waals surface area contributed by atoms with Gasteiger partial charge in [0.1, 0.15) is 22.9 Å². The van der Waals surface area contributed by atoms with Gasteiger partial charge >= 0.3 is 0 Å². The number of furan rings is 1. The van der Waals surface area contributed by atoms with Crippen molar-refractivity contribution in [2.24, 2.45) is 0 Å². The van der Waals surface area contributed by atoms with Crippen LogP contribution in [-0.4, -0.2) is 46.4 Å². The van der Waals surface area contributed by atoms with Crippen LogP contribution in [0.1, 0.15) is 27.9 Å². The number of nitrogens with zero attached hydrogens (tertiary/aromatic N) is 3. The molecule has 2 N–H and O–H groups in total. The molecule has 0 bridgehead atoms. The highest BCUT2D eigenvalue weighted by Gasteiger charge is 2.20. The molecule has 0 fully saturated rings. The van der Waals surface area contributed by atoms with E-state index in [0.29, 0.717) is 17.9 Å². The molecule has 3 aromatic rings. The number of hydrogen-bond acceptors (Lipinski definition) is 6. The highest BCUT2D eigenvalue weighted by atomic mass is 16.3. The monoisotopic (exact) mass is 367 g/mol. The molecule has 1 amide bonds. The number of likely N-dealkylation sites (N-methyl/N-ethyl adjacent to an activating group) is 1. The zero-order valence-corrected chi connectivity index (χ0v) is 15.4. The van der Waals surface area contributed by atoms with Gasteiger partial charge in [-0.25, -0.2) is 4.98 Å². The quantitative estimate of drug-likeness (QED) is 0.688. The third-order valence-corrected chi connectivity index (χ3v) is 4.15. The molecule has 0 unspecified atom stereocenters. The topological polar surface area (TPSA) is 104 Å². The summed E-state index contributed by atoms with van der Waals surface area (Å²) in [6.45, 7) is 2.16. The van der Waals surface area contributed by atoms with Crippen molar-refractivity contribution >= 4 is 5.91 Å². The molecule has 0 aliphatic heterocycles. The molecule has 0 radical (unpaired) electrons. The lowest BCUT2D eigenvalue weighted by Crippen LogP contribution is -2.36. The van der Waals surface area contributed by atoms with E-state index < -0.39 is 11.5 Å². The Kier molecular flexibility index (Phi) is 5.46. The fourth-order valence-electron chi connectivity index (χ4n) is 2.66. The number of pyridine rings is 1. The zero-order chi connectivity index (χ0) is 19.4. The van der Waals surface area contributed by atoms with E-state index >= 15 is 0 Å². The van der Waals surface area contributed by atoms with E-state index in [1.54, 1.807) is 24.5 Å². The predicted molar refractivity (Wildman–Crippen MR) is 100 cm³/mol. The Balaban J connectivity index is 1.73. The number of carbonyl (C=O) groups is 1. The van der Waals surface area contributed by atoms with Crippen molar-refractivity contribution < 1.29 is 9.21 Å². The SMILES string of the molecule is Cc1ccc([C@H](CNC(=O)c2cnc(-c3cccnc3)[nH]c2=O)N(C)C)o1. The van der Waals surface area contributed by atoms with Crippen LogP contribution in [0, 0.1) is 6.92 Å². The maximum absolute atomic E-state index is 12.4. The van der Waals surface area contributed by atoms with Gasteiger partial charge < -0.3 is 14.7 Å². The van der Waals surface area contributed by atoms with Gasteiger partial charge in [-0.05, 0) is 45.3 Å². The minimum atomic E-state index is -0.503. The van der Waals surface area contributed by atoms with Crippen molar-refractivity contribution in [3.05, 3.63) is 70.3 Å². The highest BCUT2D eigenvalue weighted by Crippen LogP contribution is 2.20. The summed E-state index contributed by atoms with van der Waals surface area (Å²) in [5, 5.41) is 2.78. The first-order chi connectivity index (χ1) is 13.0. The van der Waals surface area contributed by atoms with Crippen LogP contribution in [0.4, 0.5) is 0 Å². The van der Waals surface area contributed by atoms with Crippen LogP contribution >= 0.6 is 0 Å². The molecule has 0 aliphatic rings. The van der Waals surface area contributed by atoms with E-state index in [1.165, 1.54) is 6.20 Å². The third-order valence-electron chi connectivity index (χ3n) is 4.15. The van der Waals surface area contributed by atoms with Gasteiger partial charge in [0.15, 0.2) is 0 Å². The minimum Gasteiger partial charge on any atom is -0.465 e. The molecular formula is C19H21N5O3. The normalized spacial score (nSPS) is 12.1. The van der Waals surface area contributed by atoms with Crippen LogP contribution in [-0.2, 0) is 0 Å². The van der Waals surface area contributed by atoms with Crippen LogP contribution in [0.5, 0.6) is 0 Å². The lowest BCUT2D eigenvalue weighted by Gasteiger charge is -2.22. The van der Waals surface area contributed by atoms with Gasteiger partial charge in [0.2, 0.25) is 0 Å². The fourth-order valence-corrected chi connectivity index (χ4v) is 2.66. The second kappa shape index (κ2) is 7.96. The van der Waals surface area contributed by atoms with E-state index in [9.17, 15) is 9.59 Å². The van der Waals surface area contributed by atoms with E-state index in [-0.39, 0.29) is 11.6 Å². The third kappa shape index (κ3) is 4.29. The molecule has 0 saturated heterocycles. The van der Waals surface area contributed by atoms with Gasteiger partial charge in [-0.2, -0.15) is 0 Å². The van der Waals surface area contributed by atoms with Crippen molar-refractivity contribution in [3.8, 4) is 11.4 Å². The van der Waals surface area contributed by atoms with E-state index in [2.05, 4.69) is 20.3 Å². The highest BCUT2D eigenvalue weighted by molar-refractivity contribution is 5.93. The number of aromatic amines is 1. The molecule has 0 saturated carbocycles. The van der Waals surface area contributed by atoms with Gasteiger partial charge in [0.05, 0.1) is 6.04 Å². The van der Waals surface area contributed by atoms with Gasteiger partial charge in [0, 0.05) is 30.7 Å². The lowest BCUT2D eigenvalue weighted by molar-refractivity contribution is 0.0937. The second-order valence-electron chi connectivity index (χ2n) is 6.35. The van der Waals surface area contributed by atoms with Gasteiger partial charge in [-0.1, -0.05) is 0 Å². The molecule has 0 aliphatic carbocycles. The van der Waals surface area contributed by atoms with Crippen LogP contribution < -0.4 is 10.9 Å². The summed E-state index contributed by atoms with van der Waals surface area (Å²) in [6.07, 6.45) is 4.49. The summed E-state index contributed by atoms with van der Waals surface area (Å²) in [4.78, 5) is 37.5. The Morgan fingerprint density at radius 2 is 2.11 bits per heavy atom. The summed E-state index contributed by atoms with van der Waals surface area (Å²) in [7, 11) is 3.79. The Morgan fingerprint density at radius 1 is 1.30 bits per heavy atom. The average molecular weight is 367 g/mol. The zero-order valence-electron chi connectivity index (χ0n) is 15.4. The number of nitrogens with one attached hydrogen (secondary N) is 2. The number of aryl methyl sites for hydroxylation is 1. The van der Waals surface area contributed by atoms with Crippen molar-refractivity contribution in [1.82, 2.24) is 25.2 Å². The maximum Gasteiger partial charge on any atom is 0.264 e. The van der Waals surface area contributed by atoms with E-state index in [1.807, 2.05) is 38.1 Å². The molecule has 3 aromatic heterocycles. The summed E-state index contributed by atoms with van der Waals surface area (Å²) < 4.78 is 5.65. The minimum absolute atomic E-state index is 0.0456. The van der Waals surface area contributed by atoms with E-state index in [4.69, 9.17) is 4.42 Å². The molecule has 0 spiro atoms. The molecule has 140 valence electrons. The number of aromatic nitrogens is 3. The van der Waals surface area contributed by atoms with Crippen molar-refractivity contribution in [3.63, 3.8) is 0 Å². The molecule has 3 rings (SSSR count). The Hall–Kier alpha value is -3.26. The molecule has 3 heterocycles. The van der Waals surface area contributed by atoms with Gasteiger partial charge in [-0.3, -0.25) is 19.5 Å². The second-order valence-corrected chi connectivity index (χ2v) is 6.35. The smallest absolute Gasteiger partial charge is 0.264 e. The average Bonchev–Trinajstić information content (AvgIpc) is 3.08. The first kappa shape index (κ1) is 18.5. The Labute approximate surface area is 156 Å². The first-order valence-corrected chi connectivity index (χ1v) is 8.46. The van der Waals surface area contributed by atoms with Gasteiger partial charge in [0.25, 0.3) is 11.5 Å². The molecule has 8 nitrogen and oxygen atoms in total. The van der Waals surface area contributed by atoms with Crippen molar-refractivity contribution in [1.29, 1.82) is 0 Å². The standard InChI is InChI=1S/C19H21N5O3/c1-12-6-7-16(27-12)15(24(2)3)11-22-18(25)14-10-21-17(23-19(14)26)13-5-4-8-20-9-13/h4-10,15H,11H2,1-3H3,(H,22,25)(H,21,23,26)/t15-/m0/s1. The number of carbonyl (C=O) groups excluding carboxylic acids is 1. The van der Waals surface area contributed by atoms with E-state index in [0.717, 1.165) is 11.5 Å². The van der Waals surface area contributed by atoms with Crippen LogP contribution in [0.15, 0.2) is 52.1 Å². The van der Waals surface area contributed by atoms with Crippen molar-refractivity contribution in [2.75, 3.05) is 20.6 Å². The number of H-pyrrole nitrogens is 1. The molecule has 1 atom stereocenters. The van der Waals surface area contributed by atoms with Crippen LogP contribution in [0.25, 0.3) is 11.4 Å². The van der Waals surface area contributed by atoms with Crippen LogP contribution in [0.2, 0.25) is 0 Å². The summed E-state index contributed by atoms with van der Waals surface area (Å²) in [5.41, 5.74) is 0.120. The summed E-state index contributed by atoms with van der Waals surface area (Å²) in [5.74, 6) is 1.42. The lowest BCUT2D eigenvalue weighted by atomic mass is 10.2. The number of rotatable bonds is 6. The van der Waals surface area contributed by atoms with Crippen LogP contribution in [0.3, 0.4) is 0 Å². The fraction of sp³-hybridized carbons (Fsp3) is 0.263. The van der Waals surface area contributed by atoms with Crippen molar-refractivity contribution in [2.45, 2.75) is 13.0 Å². The number of amides is 1. The summed E-state index contributed by atoms with van der Waals surface area (Å²) >= 11 is 0. The number of hydrogen-bond donors (Lipinski definition) is 2. The summed E-state index contributed by atoms with van der Waals surface area (Å²) in [6, 6.07) is 7.12. The maximum atomic E-state index is 12.4. The molecule has 0 aromatic carbocycles. The predicted octanol–water partition coefficient (Wildman–Crippen LogP) is 1.77.